The van der Waals surface area contributed by atoms with E-state index in [9.17, 15) is 8.42 Å². The molecule has 1 aromatic carbocycles. The quantitative estimate of drug-likeness (QED) is 0.825. The van der Waals surface area contributed by atoms with Crippen molar-refractivity contribution in [3.8, 4) is 5.75 Å². The van der Waals surface area contributed by atoms with Gasteiger partial charge >= 0.3 is 0 Å². The molecule has 6 nitrogen and oxygen atoms in total. The average Bonchev–Trinajstić information content (AvgIpc) is 2.53. The third-order valence-corrected chi connectivity index (χ3v) is 6.79. The molecule has 0 aromatic heterocycles. The minimum absolute atomic E-state index is 0.00622. The second kappa shape index (κ2) is 6.39. The summed E-state index contributed by atoms with van der Waals surface area (Å²) < 4.78 is 39.0. The Kier molecular flexibility index (Phi) is 4.64. The van der Waals surface area contributed by atoms with Crippen LogP contribution in [0.5, 0.6) is 5.75 Å². The topological polar surface area (TPSA) is 59.1 Å². The summed E-state index contributed by atoms with van der Waals surface area (Å²) in [5.41, 5.74) is 0.705. The van der Waals surface area contributed by atoms with Gasteiger partial charge in [0.05, 0.1) is 30.8 Å². The number of likely N-dealkylation sites (tertiary alicyclic amines) is 1. The van der Waals surface area contributed by atoms with Crippen molar-refractivity contribution in [2.24, 2.45) is 0 Å². The summed E-state index contributed by atoms with van der Waals surface area (Å²) in [5, 5.41) is 0. The van der Waals surface area contributed by atoms with E-state index in [0.717, 1.165) is 13.0 Å². The molecule has 0 unspecified atom stereocenters. The van der Waals surface area contributed by atoms with Gasteiger partial charge in [0.2, 0.25) is 10.0 Å². The maximum absolute atomic E-state index is 13.2. The van der Waals surface area contributed by atoms with E-state index < -0.39 is 10.0 Å². The molecule has 2 aliphatic rings. The predicted octanol–water partition coefficient (Wildman–Crippen LogP) is 1.10. The molecule has 23 heavy (non-hydrogen) atoms. The first-order chi connectivity index (χ1) is 10.9. The van der Waals surface area contributed by atoms with Crippen molar-refractivity contribution < 1.29 is 17.9 Å². The Hall–Kier alpha value is -1.15. The monoisotopic (exact) mass is 340 g/mol. The van der Waals surface area contributed by atoms with Crippen LogP contribution >= 0.6 is 0 Å². The minimum Gasteiger partial charge on any atom is -0.497 e. The lowest BCUT2D eigenvalue weighted by Gasteiger charge is -2.45. The van der Waals surface area contributed by atoms with Crippen LogP contribution in [0.4, 0.5) is 0 Å². The Morgan fingerprint density at radius 1 is 1.30 bits per heavy atom. The largest absolute Gasteiger partial charge is 0.497 e. The molecule has 2 heterocycles. The van der Waals surface area contributed by atoms with Crippen LogP contribution in [0.2, 0.25) is 0 Å². The number of aryl methyl sites for hydroxylation is 1. The number of nitrogens with zero attached hydrogens (tertiary/aromatic N) is 2. The van der Waals surface area contributed by atoms with Crippen LogP contribution in [0, 0.1) is 6.92 Å². The molecule has 0 spiro atoms. The lowest BCUT2D eigenvalue weighted by Crippen LogP contribution is -2.60. The third kappa shape index (κ3) is 3.10. The minimum atomic E-state index is -3.54. The van der Waals surface area contributed by atoms with Gasteiger partial charge in [-0.25, -0.2) is 8.42 Å². The normalized spacial score (nSPS) is 26.7. The van der Waals surface area contributed by atoms with Crippen molar-refractivity contribution in [3.05, 3.63) is 23.8 Å². The van der Waals surface area contributed by atoms with Crippen LogP contribution < -0.4 is 4.74 Å². The van der Waals surface area contributed by atoms with Gasteiger partial charge in [-0.15, -0.1) is 0 Å². The Balaban J connectivity index is 1.94. The zero-order valence-corrected chi connectivity index (χ0v) is 14.7. The van der Waals surface area contributed by atoms with Gasteiger partial charge in [-0.2, -0.15) is 4.31 Å². The Labute approximate surface area is 138 Å². The molecule has 1 aromatic rings. The molecule has 0 aliphatic carbocycles. The fraction of sp³-hybridized carbons (Fsp3) is 0.625. The average molecular weight is 340 g/mol. The molecule has 2 aliphatic heterocycles. The highest BCUT2D eigenvalue weighted by atomic mass is 32.2. The van der Waals surface area contributed by atoms with Gasteiger partial charge in [-0.3, -0.25) is 0 Å². The number of ether oxygens (including phenoxy) is 2. The van der Waals surface area contributed by atoms with E-state index in [1.54, 1.807) is 36.5 Å². The Morgan fingerprint density at radius 3 is 2.78 bits per heavy atom. The van der Waals surface area contributed by atoms with Crippen molar-refractivity contribution in [2.75, 3.05) is 40.4 Å². The van der Waals surface area contributed by atoms with E-state index in [4.69, 9.17) is 9.47 Å². The number of fused-ring (bicyclic) bond motifs is 1. The maximum Gasteiger partial charge on any atom is 0.243 e. The van der Waals surface area contributed by atoms with Crippen LogP contribution in [0.3, 0.4) is 0 Å². The van der Waals surface area contributed by atoms with Crippen LogP contribution in [0.25, 0.3) is 0 Å². The van der Waals surface area contributed by atoms with Crippen molar-refractivity contribution in [1.29, 1.82) is 0 Å². The van der Waals surface area contributed by atoms with Gasteiger partial charge in [-0.05, 0) is 44.2 Å². The highest BCUT2D eigenvalue weighted by Gasteiger charge is 2.42. The SMILES string of the molecule is COc1ccc(S(=O)(=O)N2CCO[C@H]3CCN(C)C[C@@H]32)c(C)c1. The number of rotatable bonds is 3. The van der Waals surface area contributed by atoms with E-state index in [1.807, 2.05) is 7.05 Å². The Bertz CT molecular complexity index is 677. The van der Waals surface area contributed by atoms with E-state index in [0.29, 0.717) is 35.9 Å². The lowest BCUT2D eigenvalue weighted by atomic mass is 10.0. The predicted molar refractivity (Wildman–Crippen MR) is 87.3 cm³/mol. The fourth-order valence-electron chi connectivity index (χ4n) is 3.46. The molecule has 7 heteroatoms. The summed E-state index contributed by atoms with van der Waals surface area (Å²) in [5.74, 6) is 0.665. The molecule has 3 rings (SSSR count). The summed E-state index contributed by atoms with van der Waals surface area (Å²) in [6, 6.07) is 4.98. The zero-order chi connectivity index (χ0) is 16.6. The summed E-state index contributed by atoms with van der Waals surface area (Å²) in [6.07, 6.45) is 0.864. The summed E-state index contributed by atoms with van der Waals surface area (Å²) in [4.78, 5) is 2.52. The first kappa shape index (κ1) is 16.7. The van der Waals surface area contributed by atoms with Crippen LogP contribution in [0.1, 0.15) is 12.0 Å². The fourth-order valence-corrected chi connectivity index (χ4v) is 5.29. The number of likely N-dealkylation sites (N-methyl/N-ethyl adjacent to an activating group) is 1. The molecular weight excluding hydrogens is 316 g/mol. The molecule has 0 saturated carbocycles. The van der Waals surface area contributed by atoms with Crippen LogP contribution in [-0.4, -0.2) is 70.2 Å². The van der Waals surface area contributed by atoms with Crippen molar-refractivity contribution in [3.63, 3.8) is 0 Å². The van der Waals surface area contributed by atoms with E-state index in [1.165, 1.54) is 0 Å². The molecule has 0 bridgehead atoms. The van der Waals surface area contributed by atoms with E-state index in [2.05, 4.69) is 4.90 Å². The van der Waals surface area contributed by atoms with Gasteiger partial charge in [0.15, 0.2) is 0 Å². The number of methoxy groups -OCH3 is 1. The zero-order valence-electron chi connectivity index (χ0n) is 13.9. The number of hydrogen-bond donors (Lipinski definition) is 0. The van der Waals surface area contributed by atoms with Crippen molar-refractivity contribution >= 4 is 10.0 Å². The molecule has 2 atom stereocenters. The van der Waals surface area contributed by atoms with Crippen LogP contribution in [0.15, 0.2) is 23.1 Å². The van der Waals surface area contributed by atoms with E-state index in [-0.39, 0.29) is 12.1 Å². The first-order valence-corrected chi connectivity index (χ1v) is 9.34. The number of sulfonamides is 1. The standard InChI is InChI=1S/C16H24N2O4S/c1-12-10-13(21-3)4-5-16(12)23(19,20)18-8-9-22-15-6-7-17(2)11-14(15)18/h4-5,10,14-15H,6-9,11H2,1-3H3/t14-,15-/m0/s1. The Morgan fingerprint density at radius 2 is 2.09 bits per heavy atom. The first-order valence-electron chi connectivity index (χ1n) is 7.90. The van der Waals surface area contributed by atoms with E-state index >= 15 is 0 Å². The lowest BCUT2D eigenvalue weighted by molar-refractivity contribution is -0.0719. The molecule has 2 saturated heterocycles. The third-order valence-electron chi connectivity index (χ3n) is 4.71. The molecule has 2 fully saturated rings. The molecule has 0 amide bonds. The van der Waals surface area contributed by atoms with Gasteiger partial charge in [-0.1, -0.05) is 0 Å². The number of hydrogen-bond acceptors (Lipinski definition) is 5. The second-order valence-corrected chi connectivity index (χ2v) is 8.13. The molecular formula is C16H24N2O4S. The van der Waals surface area contributed by atoms with Gasteiger partial charge < -0.3 is 14.4 Å². The number of piperidine rings is 1. The van der Waals surface area contributed by atoms with Crippen LogP contribution in [-0.2, 0) is 14.8 Å². The van der Waals surface area contributed by atoms with Gasteiger partial charge in [0, 0.05) is 19.6 Å². The number of benzene rings is 1. The molecule has 0 N–H and O–H groups in total. The van der Waals surface area contributed by atoms with Crippen molar-refractivity contribution in [1.82, 2.24) is 9.21 Å². The summed E-state index contributed by atoms with van der Waals surface area (Å²) in [6.45, 7) is 4.32. The summed E-state index contributed by atoms with van der Waals surface area (Å²) in [7, 11) is 0.0584. The maximum atomic E-state index is 13.2. The number of morpholine rings is 1. The smallest absolute Gasteiger partial charge is 0.243 e. The molecule has 128 valence electrons. The summed E-state index contributed by atoms with van der Waals surface area (Å²) >= 11 is 0. The van der Waals surface area contributed by atoms with Gasteiger partial charge in [0.1, 0.15) is 5.75 Å². The highest BCUT2D eigenvalue weighted by Crippen LogP contribution is 2.30. The van der Waals surface area contributed by atoms with Gasteiger partial charge in [0.25, 0.3) is 0 Å². The van der Waals surface area contributed by atoms with Crippen molar-refractivity contribution in [2.45, 2.75) is 30.4 Å². The highest BCUT2D eigenvalue weighted by molar-refractivity contribution is 7.89. The second-order valence-electron chi connectivity index (χ2n) is 6.27. The molecule has 0 radical (unpaired) electrons.